The van der Waals surface area contributed by atoms with Gasteiger partial charge in [-0.3, -0.25) is 20.2 Å². The second-order valence-electron chi connectivity index (χ2n) is 7.65. The Morgan fingerprint density at radius 3 is 1.73 bits per heavy atom. The third-order valence-electron chi connectivity index (χ3n) is 4.98. The van der Waals surface area contributed by atoms with Crippen LogP contribution < -0.4 is 9.80 Å². The Labute approximate surface area is 213 Å². The summed E-state index contributed by atoms with van der Waals surface area (Å²) in [5.41, 5.74) is -0.0408. The van der Waals surface area contributed by atoms with Crippen molar-refractivity contribution in [3.8, 4) is 0 Å². The third kappa shape index (κ3) is 8.95. The van der Waals surface area contributed by atoms with Gasteiger partial charge in [-0.05, 0) is 30.7 Å². The fourth-order valence-electron chi connectivity index (χ4n) is 3.39. The number of aryl methyl sites for hydroxylation is 1. The molecule has 198 valence electrons. The third-order valence-corrected chi connectivity index (χ3v) is 4.98. The highest BCUT2D eigenvalue weighted by atomic mass is 19.4. The standard InChI is InChI=1S/C13H13F3N2O2.C13H16N2O2/c1-3-7-17(8-4-2)10-5-6-12(18(19)20)11(9-10)13(14,15)16;1-4-8-14(9-5-2)13-7-6-12(15(16)17)10-11(13)3/h3-6,9H,1-2,7-8H2;4-7,10H,1-2,8-9H2,3H3. The summed E-state index contributed by atoms with van der Waals surface area (Å²) in [5.74, 6) is 0. The van der Waals surface area contributed by atoms with E-state index in [0.717, 1.165) is 23.4 Å². The van der Waals surface area contributed by atoms with Crippen LogP contribution in [0.25, 0.3) is 0 Å². The number of hydrogen-bond donors (Lipinski definition) is 0. The lowest BCUT2D eigenvalue weighted by Crippen LogP contribution is -2.23. The molecule has 0 bridgehead atoms. The topological polar surface area (TPSA) is 92.8 Å². The predicted octanol–water partition coefficient (Wildman–Crippen LogP) is 6.87. The second-order valence-corrected chi connectivity index (χ2v) is 7.65. The Morgan fingerprint density at radius 1 is 0.811 bits per heavy atom. The van der Waals surface area contributed by atoms with E-state index in [9.17, 15) is 33.4 Å². The Kier molecular flexibility index (Phi) is 11.8. The molecule has 0 saturated heterocycles. The summed E-state index contributed by atoms with van der Waals surface area (Å²) >= 11 is 0. The van der Waals surface area contributed by atoms with E-state index in [1.54, 1.807) is 29.2 Å². The van der Waals surface area contributed by atoms with Crippen LogP contribution in [0.4, 0.5) is 35.9 Å². The minimum atomic E-state index is -4.79. The smallest absolute Gasteiger partial charge is 0.364 e. The summed E-state index contributed by atoms with van der Waals surface area (Å²) in [7, 11) is 0. The van der Waals surface area contributed by atoms with Crippen LogP contribution in [0.1, 0.15) is 11.1 Å². The highest BCUT2D eigenvalue weighted by Crippen LogP contribution is 2.38. The van der Waals surface area contributed by atoms with Gasteiger partial charge in [-0.15, -0.1) is 26.3 Å². The highest BCUT2D eigenvalue weighted by molar-refractivity contribution is 5.58. The molecule has 0 radical (unpaired) electrons. The molecule has 0 aliphatic heterocycles. The molecule has 0 fully saturated rings. The first-order chi connectivity index (χ1) is 17.4. The minimum Gasteiger partial charge on any atom is -0.364 e. The molecule has 0 aromatic heterocycles. The van der Waals surface area contributed by atoms with Crippen LogP contribution in [-0.2, 0) is 6.18 Å². The predicted molar refractivity (Wildman–Crippen MR) is 141 cm³/mol. The molecule has 0 amide bonds. The van der Waals surface area contributed by atoms with Crippen LogP contribution in [-0.4, -0.2) is 36.0 Å². The van der Waals surface area contributed by atoms with Gasteiger partial charge in [0, 0.05) is 55.8 Å². The van der Waals surface area contributed by atoms with Gasteiger partial charge in [-0.2, -0.15) is 13.2 Å². The van der Waals surface area contributed by atoms with Gasteiger partial charge in [0.25, 0.3) is 11.4 Å². The fourth-order valence-corrected chi connectivity index (χ4v) is 3.39. The molecule has 11 heteroatoms. The highest BCUT2D eigenvalue weighted by Gasteiger charge is 2.38. The maximum absolute atomic E-state index is 12.9. The van der Waals surface area contributed by atoms with Crippen LogP contribution in [0, 0.1) is 27.2 Å². The Morgan fingerprint density at radius 2 is 1.32 bits per heavy atom. The molecule has 0 atom stereocenters. The lowest BCUT2D eigenvalue weighted by Gasteiger charge is -2.23. The Hall–Kier alpha value is -4.41. The number of non-ortho nitro benzene ring substituents is 1. The Balaban J connectivity index is 0.000000375. The van der Waals surface area contributed by atoms with E-state index in [-0.39, 0.29) is 16.3 Å². The summed E-state index contributed by atoms with van der Waals surface area (Å²) < 4.78 is 38.6. The van der Waals surface area contributed by atoms with Crippen LogP contribution in [0.15, 0.2) is 87.0 Å². The van der Waals surface area contributed by atoms with Crippen molar-refractivity contribution in [2.24, 2.45) is 0 Å². The number of benzene rings is 2. The molecular weight excluding hydrogens is 489 g/mol. The average molecular weight is 519 g/mol. The quantitative estimate of drug-likeness (QED) is 0.173. The van der Waals surface area contributed by atoms with E-state index >= 15 is 0 Å². The summed E-state index contributed by atoms with van der Waals surface area (Å²) in [5, 5.41) is 21.3. The van der Waals surface area contributed by atoms with E-state index in [2.05, 4.69) is 31.2 Å². The van der Waals surface area contributed by atoms with Crippen LogP contribution in [0.3, 0.4) is 0 Å². The number of nitrogens with zero attached hydrogens (tertiary/aromatic N) is 4. The maximum Gasteiger partial charge on any atom is 0.423 e. The molecule has 2 aromatic rings. The van der Waals surface area contributed by atoms with Gasteiger partial charge in [0.05, 0.1) is 9.85 Å². The van der Waals surface area contributed by atoms with Crippen molar-refractivity contribution in [2.75, 3.05) is 36.0 Å². The van der Waals surface area contributed by atoms with Gasteiger partial charge in [0.15, 0.2) is 0 Å². The molecule has 37 heavy (non-hydrogen) atoms. The first-order valence-electron chi connectivity index (χ1n) is 10.9. The van der Waals surface area contributed by atoms with Gasteiger partial charge in [-0.25, -0.2) is 0 Å². The number of anilines is 2. The minimum absolute atomic E-state index is 0.114. The molecule has 0 unspecified atom stereocenters. The van der Waals surface area contributed by atoms with E-state index in [4.69, 9.17) is 0 Å². The lowest BCUT2D eigenvalue weighted by molar-refractivity contribution is -0.388. The molecular formula is C26H29F3N4O4. The molecule has 2 rings (SSSR count). The second kappa shape index (κ2) is 14.2. The van der Waals surface area contributed by atoms with Crippen molar-refractivity contribution in [1.29, 1.82) is 0 Å². The van der Waals surface area contributed by atoms with Gasteiger partial charge in [0.2, 0.25) is 0 Å². The van der Waals surface area contributed by atoms with Gasteiger partial charge < -0.3 is 9.80 Å². The first kappa shape index (κ1) is 30.6. The van der Waals surface area contributed by atoms with E-state index < -0.39 is 22.4 Å². The molecule has 0 saturated carbocycles. The molecule has 0 N–H and O–H groups in total. The zero-order valence-corrected chi connectivity index (χ0v) is 20.5. The number of hydrogen-bond acceptors (Lipinski definition) is 6. The molecule has 0 heterocycles. The zero-order chi connectivity index (χ0) is 28.2. The normalized spacial score (nSPS) is 10.4. The van der Waals surface area contributed by atoms with Crippen LogP contribution in [0.5, 0.6) is 0 Å². The van der Waals surface area contributed by atoms with E-state index in [1.807, 2.05) is 6.92 Å². The monoisotopic (exact) mass is 518 g/mol. The molecule has 0 aliphatic carbocycles. The van der Waals surface area contributed by atoms with Crippen molar-refractivity contribution >= 4 is 22.7 Å². The lowest BCUT2D eigenvalue weighted by atomic mass is 10.1. The van der Waals surface area contributed by atoms with E-state index in [1.165, 1.54) is 24.3 Å². The first-order valence-corrected chi connectivity index (χ1v) is 10.9. The van der Waals surface area contributed by atoms with Gasteiger partial charge in [0.1, 0.15) is 5.56 Å². The SMILES string of the molecule is C=CCN(CC=C)c1ccc([N+](=O)[O-])c(C(F)(F)F)c1.C=CCN(CC=C)c1ccc([N+](=O)[O-])cc1C. The number of rotatable bonds is 12. The van der Waals surface area contributed by atoms with Crippen molar-refractivity contribution < 1.29 is 23.0 Å². The van der Waals surface area contributed by atoms with Crippen molar-refractivity contribution in [1.82, 2.24) is 0 Å². The number of nitro benzene ring substituents is 2. The van der Waals surface area contributed by atoms with Crippen molar-refractivity contribution in [2.45, 2.75) is 13.1 Å². The number of halogens is 3. The molecule has 0 aliphatic rings. The summed E-state index contributed by atoms with van der Waals surface area (Å²) in [6.07, 6.45) is 1.86. The molecule has 2 aromatic carbocycles. The largest absolute Gasteiger partial charge is 0.423 e. The van der Waals surface area contributed by atoms with E-state index in [0.29, 0.717) is 26.2 Å². The Bertz CT molecular complexity index is 1130. The van der Waals surface area contributed by atoms with Crippen molar-refractivity contribution in [3.63, 3.8) is 0 Å². The van der Waals surface area contributed by atoms with Gasteiger partial charge >= 0.3 is 6.18 Å². The van der Waals surface area contributed by atoms with Crippen LogP contribution in [0.2, 0.25) is 0 Å². The summed E-state index contributed by atoms with van der Waals surface area (Å²) in [6.45, 7) is 18.3. The van der Waals surface area contributed by atoms with Gasteiger partial charge in [-0.1, -0.05) is 24.3 Å². The fraction of sp³-hybridized carbons (Fsp3) is 0.231. The summed E-state index contributed by atoms with van der Waals surface area (Å²) in [4.78, 5) is 23.5. The van der Waals surface area contributed by atoms with Crippen molar-refractivity contribution in [3.05, 3.63) is 118 Å². The average Bonchev–Trinajstić information content (AvgIpc) is 2.83. The zero-order valence-electron chi connectivity index (χ0n) is 20.5. The van der Waals surface area contributed by atoms with Crippen LogP contribution >= 0.6 is 0 Å². The number of alkyl halides is 3. The molecule has 0 spiro atoms. The number of nitro groups is 2. The summed E-state index contributed by atoms with van der Waals surface area (Å²) in [6, 6.07) is 7.76. The maximum atomic E-state index is 12.9. The molecule has 8 nitrogen and oxygen atoms in total.